The summed E-state index contributed by atoms with van der Waals surface area (Å²) in [5.74, 6) is -0.607. The van der Waals surface area contributed by atoms with Crippen LogP contribution in [0.15, 0.2) is 0 Å². The van der Waals surface area contributed by atoms with E-state index in [1.54, 1.807) is 0 Å². The fraction of sp³-hybridized carbons (Fsp3) is 0.824. The van der Waals surface area contributed by atoms with Gasteiger partial charge in [0.05, 0.1) is 11.3 Å². The number of hydrogen-bond donors (Lipinski definition) is 0. The Hall–Kier alpha value is -1.39. The first-order chi connectivity index (χ1) is 10.3. The van der Waals surface area contributed by atoms with Crippen LogP contribution in [0.25, 0.3) is 0 Å². The highest BCUT2D eigenvalue weighted by atomic mass is 16.6. The molecule has 3 rings (SSSR count). The summed E-state index contributed by atoms with van der Waals surface area (Å²) < 4.78 is 11.2. The van der Waals surface area contributed by atoms with Gasteiger partial charge in [0, 0.05) is 19.3 Å². The van der Waals surface area contributed by atoms with Gasteiger partial charge in [-0.2, -0.15) is 0 Å². The Balaban J connectivity index is 2.09. The zero-order chi connectivity index (χ0) is 16.2. The molecule has 5 heteroatoms. The molecule has 1 saturated heterocycles. The van der Waals surface area contributed by atoms with E-state index in [4.69, 9.17) is 9.47 Å². The molecule has 0 aromatic heterocycles. The van der Waals surface area contributed by atoms with Crippen molar-refractivity contribution < 1.29 is 23.9 Å². The second-order valence-corrected chi connectivity index (χ2v) is 7.44. The van der Waals surface area contributed by atoms with Gasteiger partial charge >= 0.3 is 11.9 Å². The van der Waals surface area contributed by atoms with Gasteiger partial charge in [0.15, 0.2) is 0 Å². The molecule has 3 fully saturated rings. The summed E-state index contributed by atoms with van der Waals surface area (Å²) in [4.78, 5) is 36.4. The topological polar surface area (TPSA) is 69.7 Å². The molecule has 1 aliphatic heterocycles. The zero-order valence-corrected chi connectivity index (χ0v) is 13.6. The zero-order valence-electron chi connectivity index (χ0n) is 13.6. The number of ketones is 1. The maximum atomic E-state index is 12.7. The number of ether oxygens (including phenoxy) is 2. The molecule has 2 aliphatic carbocycles. The fourth-order valence-corrected chi connectivity index (χ4v) is 5.09. The summed E-state index contributed by atoms with van der Waals surface area (Å²) in [5, 5.41) is 0. The van der Waals surface area contributed by atoms with Gasteiger partial charge in [-0.05, 0) is 31.6 Å². The van der Waals surface area contributed by atoms with Gasteiger partial charge in [-0.15, -0.1) is 0 Å². The Morgan fingerprint density at radius 1 is 1.32 bits per heavy atom. The van der Waals surface area contributed by atoms with E-state index in [-0.39, 0.29) is 41.5 Å². The van der Waals surface area contributed by atoms with Gasteiger partial charge < -0.3 is 9.47 Å². The highest BCUT2D eigenvalue weighted by molar-refractivity contribution is 5.88. The summed E-state index contributed by atoms with van der Waals surface area (Å²) >= 11 is 0. The predicted molar refractivity (Wildman–Crippen MR) is 77.7 cm³/mol. The summed E-state index contributed by atoms with van der Waals surface area (Å²) in [5.41, 5.74) is -0.702. The lowest BCUT2D eigenvalue weighted by atomic mass is 9.67. The highest BCUT2D eigenvalue weighted by Crippen LogP contribution is 2.56. The van der Waals surface area contributed by atoms with Crippen LogP contribution in [0, 0.1) is 29.1 Å². The number of carbonyl (C=O) groups excluding carboxylic acids is 3. The van der Waals surface area contributed by atoms with E-state index in [1.165, 1.54) is 6.92 Å². The van der Waals surface area contributed by atoms with Crippen molar-refractivity contribution in [3.8, 4) is 0 Å². The maximum Gasteiger partial charge on any atom is 0.309 e. The summed E-state index contributed by atoms with van der Waals surface area (Å²) in [6.07, 6.45) is 1.28. The Kier molecular flexibility index (Phi) is 3.57. The average Bonchev–Trinajstić information content (AvgIpc) is 2.84. The van der Waals surface area contributed by atoms with Crippen LogP contribution in [-0.4, -0.2) is 29.9 Å². The Morgan fingerprint density at radius 2 is 2.00 bits per heavy atom. The maximum absolute atomic E-state index is 12.7. The monoisotopic (exact) mass is 308 g/mol. The smallest absolute Gasteiger partial charge is 0.309 e. The fourth-order valence-electron chi connectivity index (χ4n) is 5.09. The number of rotatable bonds is 1. The van der Waals surface area contributed by atoms with Crippen molar-refractivity contribution in [3.63, 3.8) is 0 Å². The first-order valence-electron chi connectivity index (χ1n) is 8.17. The van der Waals surface area contributed by atoms with Gasteiger partial charge in [0.2, 0.25) is 0 Å². The molecule has 22 heavy (non-hydrogen) atoms. The quantitative estimate of drug-likeness (QED) is 0.694. The molecule has 0 unspecified atom stereocenters. The number of fused-ring (bicyclic) bond motifs is 2. The first-order valence-corrected chi connectivity index (χ1v) is 8.17. The third-order valence-electron chi connectivity index (χ3n) is 6.22. The summed E-state index contributed by atoms with van der Waals surface area (Å²) in [7, 11) is 0. The Bertz CT molecular complexity index is 527. The van der Waals surface area contributed by atoms with Crippen molar-refractivity contribution >= 4 is 17.7 Å². The Morgan fingerprint density at radius 3 is 2.64 bits per heavy atom. The van der Waals surface area contributed by atoms with Crippen molar-refractivity contribution in [3.05, 3.63) is 0 Å². The van der Waals surface area contributed by atoms with Crippen molar-refractivity contribution in [1.29, 1.82) is 0 Å². The number of Topliss-reactive ketones (excluding diaryl/α,β-unsaturated/α-hetero) is 1. The SMILES string of the molecule is CC(=O)O[C@H]1[C@H]2[C@H](C[C@@H](C)[C@@H]3CCC(=O)[C@]31C)OC(=O)[C@H]2C. The van der Waals surface area contributed by atoms with Crippen LogP contribution in [0.1, 0.15) is 47.0 Å². The normalized spacial score (nSPS) is 47.5. The molecule has 0 aromatic carbocycles. The van der Waals surface area contributed by atoms with Crippen molar-refractivity contribution in [2.24, 2.45) is 29.1 Å². The second kappa shape index (κ2) is 5.07. The van der Waals surface area contributed by atoms with Crippen LogP contribution in [0.3, 0.4) is 0 Å². The lowest BCUT2D eigenvalue weighted by Crippen LogP contribution is -2.49. The van der Waals surface area contributed by atoms with Gasteiger partial charge in [0.25, 0.3) is 0 Å². The minimum absolute atomic E-state index is 0.155. The van der Waals surface area contributed by atoms with E-state index in [0.29, 0.717) is 6.42 Å². The summed E-state index contributed by atoms with van der Waals surface area (Å²) in [6.45, 7) is 7.22. The van der Waals surface area contributed by atoms with Gasteiger partial charge in [0.1, 0.15) is 18.0 Å². The highest BCUT2D eigenvalue weighted by Gasteiger charge is 2.63. The minimum Gasteiger partial charge on any atom is -0.462 e. The largest absolute Gasteiger partial charge is 0.462 e. The standard InChI is InChI=1S/C17H24O5/c1-8-7-12-14(9(2)16(20)22-12)15(21-10(3)18)17(4)11(8)5-6-13(17)19/h8-9,11-12,14-15H,5-7H2,1-4H3/t8-,9+,11+,12+,14-,15+,17+/m1/s1. The van der Waals surface area contributed by atoms with Gasteiger partial charge in [-0.3, -0.25) is 14.4 Å². The van der Waals surface area contributed by atoms with Crippen LogP contribution >= 0.6 is 0 Å². The molecule has 122 valence electrons. The first kappa shape index (κ1) is 15.5. The third kappa shape index (κ3) is 2.01. The molecule has 5 nitrogen and oxygen atoms in total. The molecular weight excluding hydrogens is 284 g/mol. The molecule has 0 bridgehead atoms. The van der Waals surface area contributed by atoms with Gasteiger partial charge in [-0.1, -0.05) is 13.8 Å². The van der Waals surface area contributed by atoms with Crippen LogP contribution < -0.4 is 0 Å². The van der Waals surface area contributed by atoms with Crippen LogP contribution in [-0.2, 0) is 23.9 Å². The molecule has 0 amide bonds. The molecule has 2 saturated carbocycles. The van der Waals surface area contributed by atoms with Crippen molar-refractivity contribution in [2.45, 2.75) is 59.2 Å². The van der Waals surface area contributed by atoms with Gasteiger partial charge in [-0.25, -0.2) is 0 Å². The van der Waals surface area contributed by atoms with Crippen LogP contribution in [0.4, 0.5) is 0 Å². The van der Waals surface area contributed by atoms with Crippen LogP contribution in [0.2, 0.25) is 0 Å². The molecule has 0 radical (unpaired) electrons. The molecule has 7 atom stereocenters. The molecule has 0 spiro atoms. The minimum atomic E-state index is -0.702. The average molecular weight is 308 g/mol. The Labute approximate surface area is 130 Å². The lowest BCUT2D eigenvalue weighted by molar-refractivity contribution is -0.165. The van der Waals surface area contributed by atoms with Crippen molar-refractivity contribution in [2.75, 3.05) is 0 Å². The lowest BCUT2D eigenvalue weighted by Gasteiger charge is -2.40. The molecule has 0 aromatic rings. The van der Waals surface area contributed by atoms with E-state index in [2.05, 4.69) is 6.92 Å². The van der Waals surface area contributed by atoms with E-state index >= 15 is 0 Å². The number of esters is 2. The predicted octanol–water partition coefficient (Wildman–Crippen LogP) is 2.12. The van der Waals surface area contributed by atoms with Crippen molar-refractivity contribution in [1.82, 2.24) is 0 Å². The third-order valence-corrected chi connectivity index (χ3v) is 6.22. The molecule has 3 aliphatic rings. The van der Waals surface area contributed by atoms with E-state index in [1.807, 2.05) is 13.8 Å². The summed E-state index contributed by atoms with van der Waals surface area (Å²) in [6, 6.07) is 0. The number of carbonyl (C=O) groups is 3. The van der Waals surface area contributed by atoms with E-state index in [0.717, 1.165) is 12.8 Å². The van der Waals surface area contributed by atoms with E-state index < -0.39 is 17.5 Å². The molecule has 1 heterocycles. The van der Waals surface area contributed by atoms with Crippen LogP contribution in [0.5, 0.6) is 0 Å². The molecule has 0 N–H and O–H groups in total. The number of hydrogen-bond acceptors (Lipinski definition) is 5. The molecular formula is C17H24O5. The second-order valence-electron chi connectivity index (χ2n) is 7.44. The van der Waals surface area contributed by atoms with E-state index in [9.17, 15) is 14.4 Å².